The lowest BCUT2D eigenvalue weighted by Gasteiger charge is -2.29. The van der Waals surface area contributed by atoms with Gasteiger partial charge in [0, 0.05) is 11.4 Å². The number of allylic oxidation sites excluding steroid dienone is 1. The Kier molecular flexibility index (Phi) is 4.67. The van der Waals surface area contributed by atoms with E-state index in [1.807, 2.05) is 38.1 Å². The highest BCUT2D eigenvalue weighted by Crippen LogP contribution is 2.38. The summed E-state index contributed by atoms with van der Waals surface area (Å²) in [4.78, 5) is 17.5. The van der Waals surface area contributed by atoms with Gasteiger partial charge in [0.15, 0.2) is 11.5 Å². The third kappa shape index (κ3) is 3.29. The molecule has 0 bridgehead atoms. The Morgan fingerprint density at radius 1 is 1.24 bits per heavy atom. The average molecular weight is 391 g/mol. The van der Waals surface area contributed by atoms with Crippen molar-refractivity contribution in [3.05, 3.63) is 71.2 Å². The molecule has 2 aromatic carbocycles. The van der Waals surface area contributed by atoms with Crippen molar-refractivity contribution in [2.45, 2.75) is 19.9 Å². The molecule has 3 aromatic rings. The van der Waals surface area contributed by atoms with Gasteiger partial charge in [-0.15, -0.1) is 0 Å². The highest BCUT2D eigenvalue weighted by molar-refractivity contribution is 6.06. The minimum atomic E-state index is -0.535. The van der Waals surface area contributed by atoms with E-state index in [1.165, 1.54) is 13.4 Å². The molecule has 4 rings (SSSR count). The second-order valence-corrected chi connectivity index (χ2v) is 6.79. The number of aromatic nitrogens is 3. The lowest BCUT2D eigenvalue weighted by molar-refractivity contribution is -0.113. The van der Waals surface area contributed by atoms with Gasteiger partial charge in [-0.05, 0) is 43.2 Å². The zero-order valence-corrected chi connectivity index (χ0v) is 16.3. The Balaban J connectivity index is 1.80. The topological polar surface area (TPSA) is 101 Å². The summed E-state index contributed by atoms with van der Waals surface area (Å²) in [6, 6.07) is 12.0. The number of hydrogen-bond acceptors (Lipinski definition) is 6. The molecule has 1 aliphatic rings. The van der Waals surface area contributed by atoms with E-state index in [1.54, 1.807) is 22.9 Å². The Bertz CT molecular complexity index is 1120. The van der Waals surface area contributed by atoms with Gasteiger partial charge >= 0.3 is 0 Å². The number of nitrogens with zero attached hydrogens (tertiary/aromatic N) is 3. The Hall–Kier alpha value is -3.81. The summed E-state index contributed by atoms with van der Waals surface area (Å²) >= 11 is 0. The van der Waals surface area contributed by atoms with Gasteiger partial charge in [0.2, 0.25) is 5.95 Å². The standard InChI is InChI=1S/C21H21N5O3/c1-12-6-4-5-7-15(12)25-20(28)18-13(2)24-21-22-11-23-26(21)19(18)14-8-9-16(27)17(10-14)29-3/h4-11,19,27H,1-3H3,(H,25,28)(H,22,23,24)/t19-/m1/s1. The normalized spacial score (nSPS) is 15.5. The summed E-state index contributed by atoms with van der Waals surface area (Å²) in [5.74, 6) is 0.629. The fourth-order valence-corrected chi connectivity index (χ4v) is 3.46. The predicted octanol–water partition coefficient (Wildman–Crippen LogP) is 3.23. The molecule has 0 aliphatic carbocycles. The van der Waals surface area contributed by atoms with Gasteiger partial charge in [0.1, 0.15) is 12.4 Å². The fraction of sp³-hybridized carbons (Fsp3) is 0.190. The number of ether oxygens (including phenoxy) is 1. The summed E-state index contributed by atoms with van der Waals surface area (Å²) in [6.07, 6.45) is 1.43. The van der Waals surface area contributed by atoms with Crippen LogP contribution in [0, 0.1) is 6.92 Å². The molecule has 0 radical (unpaired) electrons. The monoisotopic (exact) mass is 391 g/mol. The summed E-state index contributed by atoms with van der Waals surface area (Å²) in [7, 11) is 1.48. The molecule has 0 spiro atoms. The van der Waals surface area contributed by atoms with Gasteiger partial charge in [0.25, 0.3) is 5.91 Å². The number of hydrogen-bond donors (Lipinski definition) is 3. The summed E-state index contributed by atoms with van der Waals surface area (Å²) < 4.78 is 6.90. The van der Waals surface area contributed by atoms with Crippen molar-refractivity contribution in [2.24, 2.45) is 0 Å². The lowest BCUT2D eigenvalue weighted by atomic mass is 9.94. The molecule has 0 fully saturated rings. The maximum atomic E-state index is 13.3. The minimum absolute atomic E-state index is 0.0237. The van der Waals surface area contributed by atoms with Crippen LogP contribution >= 0.6 is 0 Å². The molecule has 3 N–H and O–H groups in total. The number of carbonyl (C=O) groups excluding carboxylic acids is 1. The first kappa shape index (κ1) is 18.5. The van der Waals surface area contributed by atoms with Crippen LogP contribution in [0.15, 0.2) is 60.1 Å². The average Bonchev–Trinajstić information content (AvgIpc) is 3.17. The molecule has 1 aliphatic heterocycles. The van der Waals surface area contributed by atoms with Crippen LogP contribution in [0.25, 0.3) is 0 Å². The zero-order valence-electron chi connectivity index (χ0n) is 16.3. The van der Waals surface area contributed by atoms with Crippen LogP contribution in [0.1, 0.15) is 24.1 Å². The van der Waals surface area contributed by atoms with Crippen molar-refractivity contribution in [2.75, 3.05) is 17.7 Å². The van der Waals surface area contributed by atoms with Crippen molar-refractivity contribution >= 4 is 17.5 Å². The van der Waals surface area contributed by atoms with Gasteiger partial charge in [-0.25, -0.2) is 4.68 Å². The second kappa shape index (κ2) is 7.31. The van der Waals surface area contributed by atoms with Gasteiger partial charge in [0.05, 0.1) is 12.7 Å². The van der Waals surface area contributed by atoms with Crippen molar-refractivity contribution in [3.63, 3.8) is 0 Å². The molecule has 0 unspecified atom stereocenters. The lowest BCUT2D eigenvalue weighted by Crippen LogP contribution is -2.31. The highest BCUT2D eigenvalue weighted by atomic mass is 16.5. The highest BCUT2D eigenvalue weighted by Gasteiger charge is 2.34. The van der Waals surface area contributed by atoms with Gasteiger partial charge < -0.3 is 20.5 Å². The molecule has 8 nitrogen and oxygen atoms in total. The molecule has 8 heteroatoms. The number of benzene rings is 2. The van der Waals surface area contributed by atoms with E-state index in [0.717, 1.165) is 16.8 Å². The number of phenolic OH excluding ortho intramolecular Hbond substituents is 1. The number of fused-ring (bicyclic) bond motifs is 1. The Labute approximate surface area is 167 Å². The molecule has 0 saturated carbocycles. The van der Waals surface area contributed by atoms with Crippen LogP contribution in [-0.2, 0) is 4.79 Å². The first-order valence-electron chi connectivity index (χ1n) is 9.10. The predicted molar refractivity (Wildman–Crippen MR) is 109 cm³/mol. The molecule has 1 aromatic heterocycles. The summed E-state index contributed by atoms with van der Waals surface area (Å²) in [5.41, 5.74) is 3.62. The smallest absolute Gasteiger partial charge is 0.255 e. The van der Waals surface area contributed by atoms with E-state index in [-0.39, 0.29) is 11.7 Å². The van der Waals surface area contributed by atoms with Crippen LogP contribution in [0.2, 0.25) is 0 Å². The Morgan fingerprint density at radius 2 is 2.03 bits per heavy atom. The van der Waals surface area contributed by atoms with E-state index < -0.39 is 6.04 Å². The number of amides is 1. The van der Waals surface area contributed by atoms with Gasteiger partial charge in [-0.1, -0.05) is 24.3 Å². The number of para-hydroxylation sites is 1. The maximum absolute atomic E-state index is 13.3. The van der Waals surface area contributed by atoms with Crippen molar-refractivity contribution < 1.29 is 14.6 Å². The number of aryl methyl sites for hydroxylation is 1. The van der Waals surface area contributed by atoms with Crippen molar-refractivity contribution in [1.82, 2.24) is 14.8 Å². The van der Waals surface area contributed by atoms with Crippen LogP contribution in [0.4, 0.5) is 11.6 Å². The molecular formula is C21H21N5O3. The first-order chi connectivity index (χ1) is 14.0. The fourth-order valence-electron chi connectivity index (χ4n) is 3.46. The molecule has 148 valence electrons. The molecule has 1 atom stereocenters. The number of anilines is 2. The third-order valence-electron chi connectivity index (χ3n) is 4.95. The molecule has 2 heterocycles. The van der Waals surface area contributed by atoms with Crippen LogP contribution < -0.4 is 15.4 Å². The number of rotatable bonds is 4. The molecule has 29 heavy (non-hydrogen) atoms. The van der Waals surface area contributed by atoms with Gasteiger partial charge in [-0.3, -0.25) is 4.79 Å². The van der Waals surface area contributed by atoms with Crippen molar-refractivity contribution in [3.8, 4) is 11.5 Å². The number of aromatic hydroxyl groups is 1. The summed E-state index contributed by atoms with van der Waals surface area (Å²) in [5, 5.41) is 20.4. The van der Waals surface area contributed by atoms with Crippen LogP contribution in [0.3, 0.4) is 0 Å². The quantitative estimate of drug-likeness (QED) is 0.631. The number of nitrogens with one attached hydrogen (secondary N) is 2. The third-order valence-corrected chi connectivity index (χ3v) is 4.95. The zero-order chi connectivity index (χ0) is 20.5. The largest absolute Gasteiger partial charge is 0.504 e. The van der Waals surface area contributed by atoms with E-state index in [2.05, 4.69) is 20.7 Å². The van der Waals surface area contributed by atoms with E-state index in [9.17, 15) is 9.90 Å². The second-order valence-electron chi connectivity index (χ2n) is 6.79. The van der Waals surface area contributed by atoms with E-state index in [4.69, 9.17) is 4.74 Å². The number of phenols is 1. The van der Waals surface area contributed by atoms with E-state index in [0.29, 0.717) is 23.0 Å². The molecule has 0 saturated heterocycles. The number of methoxy groups -OCH3 is 1. The van der Waals surface area contributed by atoms with Crippen molar-refractivity contribution in [1.29, 1.82) is 0 Å². The van der Waals surface area contributed by atoms with Crippen LogP contribution in [0.5, 0.6) is 11.5 Å². The maximum Gasteiger partial charge on any atom is 0.255 e. The van der Waals surface area contributed by atoms with E-state index >= 15 is 0 Å². The molecular weight excluding hydrogens is 370 g/mol. The minimum Gasteiger partial charge on any atom is -0.504 e. The SMILES string of the molecule is COc1cc([C@@H]2C(C(=O)Nc3ccccc3C)=C(C)Nc3ncnn32)ccc1O. The Morgan fingerprint density at radius 3 is 2.79 bits per heavy atom. The van der Waals surface area contributed by atoms with Gasteiger partial charge in [-0.2, -0.15) is 10.1 Å². The first-order valence-corrected chi connectivity index (χ1v) is 9.10. The van der Waals surface area contributed by atoms with Crippen LogP contribution in [-0.4, -0.2) is 32.9 Å². The molecule has 1 amide bonds. The number of carbonyl (C=O) groups is 1. The summed E-state index contributed by atoms with van der Waals surface area (Å²) in [6.45, 7) is 3.77.